The first kappa shape index (κ1) is 19.0. The molecule has 0 spiro atoms. The molecule has 0 radical (unpaired) electrons. The van der Waals surface area contributed by atoms with Gasteiger partial charge in [0.2, 0.25) is 10.0 Å². The zero-order valence-corrected chi connectivity index (χ0v) is 15.5. The first-order valence-electron chi connectivity index (χ1n) is 8.33. The Labute approximate surface area is 157 Å². The number of benzene rings is 2. The van der Waals surface area contributed by atoms with Crippen LogP contribution in [-0.2, 0) is 14.8 Å². The van der Waals surface area contributed by atoms with Gasteiger partial charge in [-0.3, -0.25) is 0 Å². The molecule has 0 unspecified atom stereocenters. The van der Waals surface area contributed by atoms with Crippen LogP contribution in [0.5, 0.6) is 5.75 Å². The summed E-state index contributed by atoms with van der Waals surface area (Å²) >= 11 is 0. The zero-order chi connectivity index (χ0) is 19.4. The molecule has 1 heterocycles. The van der Waals surface area contributed by atoms with Crippen LogP contribution < -0.4 is 4.74 Å². The van der Waals surface area contributed by atoms with Crippen molar-refractivity contribution in [2.45, 2.75) is 11.8 Å². The molecule has 0 bridgehead atoms. The molecular formula is C19H18N2O5S. The number of nitrogens with zero attached hydrogens (tertiary/aromatic N) is 2. The van der Waals surface area contributed by atoms with Gasteiger partial charge in [0.1, 0.15) is 5.75 Å². The minimum Gasteiger partial charge on any atom is -0.423 e. The third-order valence-electron chi connectivity index (χ3n) is 4.21. The molecule has 0 aromatic heterocycles. The smallest absolute Gasteiger partial charge is 0.343 e. The number of carbonyl (C=O) groups is 1. The van der Waals surface area contributed by atoms with Crippen LogP contribution in [0.3, 0.4) is 0 Å². The number of nitriles is 1. The van der Waals surface area contributed by atoms with Gasteiger partial charge in [0, 0.05) is 13.1 Å². The van der Waals surface area contributed by atoms with Crippen LogP contribution in [0.1, 0.15) is 21.5 Å². The molecule has 0 saturated carbocycles. The fourth-order valence-electron chi connectivity index (χ4n) is 2.69. The van der Waals surface area contributed by atoms with E-state index in [1.165, 1.54) is 40.7 Å². The first-order chi connectivity index (χ1) is 12.9. The van der Waals surface area contributed by atoms with Crippen LogP contribution in [0, 0.1) is 18.3 Å². The highest BCUT2D eigenvalue weighted by Crippen LogP contribution is 2.23. The topological polar surface area (TPSA) is 96.7 Å². The summed E-state index contributed by atoms with van der Waals surface area (Å²) < 4.78 is 37.6. The van der Waals surface area contributed by atoms with Gasteiger partial charge >= 0.3 is 5.97 Å². The van der Waals surface area contributed by atoms with Gasteiger partial charge in [-0.05, 0) is 48.9 Å². The zero-order valence-electron chi connectivity index (χ0n) is 14.7. The number of carbonyl (C=O) groups excluding carboxylic acids is 1. The van der Waals surface area contributed by atoms with Crippen LogP contribution in [0.25, 0.3) is 0 Å². The summed E-state index contributed by atoms with van der Waals surface area (Å²) in [7, 11) is -3.72. The maximum atomic E-state index is 12.9. The molecule has 1 saturated heterocycles. The molecule has 0 N–H and O–H groups in total. The Morgan fingerprint density at radius 1 is 1.15 bits per heavy atom. The van der Waals surface area contributed by atoms with Crippen molar-refractivity contribution < 1.29 is 22.7 Å². The van der Waals surface area contributed by atoms with Crippen LogP contribution in [0.4, 0.5) is 0 Å². The first-order valence-corrected chi connectivity index (χ1v) is 9.77. The van der Waals surface area contributed by atoms with Gasteiger partial charge in [-0.15, -0.1) is 0 Å². The van der Waals surface area contributed by atoms with E-state index in [1.54, 1.807) is 13.0 Å². The van der Waals surface area contributed by atoms with Crippen molar-refractivity contribution in [3.05, 3.63) is 59.2 Å². The van der Waals surface area contributed by atoms with Crippen molar-refractivity contribution >= 4 is 16.0 Å². The molecule has 2 aromatic rings. The lowest BCUT2D eigenvalue weighted by Gasteiger charge is -2.26. The van der Waals surface area contributed by atoms with Crippen LogP contribution >= 0.6 is 0 Å². The molecule has 0 atom stereocenters. The number of morpholine rings is 1. The highest BCUT2D eigenvalue weighted by Gasteiger charge is 2.28. The second-order valence-corrected chi connectivity index (χ2v) is 7.93. The van der Waals surface area contributed by atoms with Crippen molar-refractivity contribution in [1.29, 1.82) is 5.26 Å². The van der Waals surface area contributed by atoms with Crippen LogP contribution in [0.15, 0.2) is 47.4 Å². The van der Waals surface area contributed by atoms with E-state index in [9.17, 15) is 13.2 Å². The normalized spacial score (nSPS) is 15.1. The van der Waals surface area contributed by atoms with Gasteiger partial charge in [0.15, 0.2) is 0 Å². The van der Waals surface area contributed by atoms with Gasteiger partial charge in [-0.1, -0.05) is 6.07 Å². The fraction of sp³-hybridized carbons (Fsp3) is 0.263. The number of rotatable bonds is 4. The quantitative estimate of drug-likeness (QED) is 0.590. The summed E-state index contributed by atoms with van der Waals surface area (Å²) in [4.78, 5) is 12.5. The summed E-state index contributed by atoms with van der Waals surface area (Å²) in [6, 6.07) is 12.5. The van der Waals surface area contributed by atoms with E-state index in [0.717, 1.165) is 0 Å². The van der Waals surface area contributed by atoms with Crippen LogP contribution in [-0.4, -0.2) is 45.0 Å². The number of sulfonamides is 1. The summed E-state index contributed by atoms with van der Waals surface area (Å²) in [6.07, 6.45) is 0. The van der Waals surface area contributed by atoms with E-state index in [1.807, 2.05) is 6.07 Å². The van der Waals surface area contributed by atoms with Crippen molar-refractivity contribution in [1.82, 2.24) is 4.31 Å². The Balaban J connectivity index is 1.85. The standard InChI is InChI=1S/C19H18N2O5S/c1-14-2-5-16(19(22)26-17-6-3-15(13-20)4-7-17)12-18(14)27(23,24)21-8-10-25-11-9-21/h2-7,12H,8-11H2,1H3. The summed E-state index contributed by atoms with van der Waals surface area (Å²) in [5, 5.41) is 8.80. The number of aryl methyl sites for hydroxylation is 1. The number of esters is 1. The average molecular weight is 386 g/mol. The van der Waals surface area contributed by atoms with E-state index in [-0.39, 0.29) is 29.3 Å². The predicted octanol–water partition coefficient (Wildman–Crippen LogP) is 2.11. The van der Waals surface area contributed by atoms with Gasteiger partial charge in [-0.2, -0.15) is 9.57 Å². The maximum Gasteiger partial charge on any atom is 0.343 e. The Hall–Kier alpha value is -2.73. The van der Waals surface area contributed by atoms with Gasteiger partial charge in [0.25, 0.3) is 0 Å². The highest BCUT2D eigenvalue weighted by molar-refractivity contribution is 7.89. The monoisotopic (exact) mass is 386 g/mol. The van der Waals surface area contributed by atoms with Gasteiger partial charge in [-0.25, -0.2) is 13.2 Å². The van der Waals surface area contributed by atoms with E-state index in [0.29, 0.717) is 24.3 Å². The van der Waals surface area contributed by atoms with E-state index in [2.05, 4.69) is 0 Å². The maximum absolute atomic E-state index is 12.9. The van der Waals surface area contributed by atoms with E-state index >= 15 is 0 Å². The Bertz CT molecular complexity index is 988. The van der Waals surface area contributed by atoms with Crippen molar-refractivity contribution in [3.8, 4) is 11.8 Å². The number of hydrogen-bond donors (Lipinski definition) is 0. The Morgan fingerprint density at radius 3 is 2.44 bits per heavy atom. The second kappa shape index (κ2) is 7.88. The predicted molar refractivity (Wildman–Crippen MR) is 96.9 cm³/mol. The Morgan fingerprint density at radius 2 is 1.81 bits per heavy atom. The molecular weight excluding hydrogens is 368 g/mol. The third-order valence-corrected chi connectivity index (χ3v) is 6.25. The fourth-order valence-corrected chi connectivity index (χ4v) is 4.35. The van der Waals surface area contributed by atoms with Gasteiger partial charge in [0.05, 0.1) is 35.3 Å². The number of hydrogen-bond acceptors (Lipinski definition) is 6. The molecule has 0 amide bonds. The lowest BCUT2D eigenvalue weighted by atomic mass is 10.1. The minimum absolute atomic E-state index is 0.0821. The summed E-state index contributed by atoms with van der Waals surface area (Å²) in [6.45, 7) is 2.93. The van der Waals surface area contributed by atoms with Gasteiger partial charge < -0.3 is 9.47 Å². The Kier molecular flexibility index (Phi) is 5.56. The molecule has 2 aromatic carbocycles. The average Bonchev–Trinajstić information content (AvgIpc) is 2.69. The van der Waals surface area contributed by atoms with E-state index < -0.39 is 16.0 Å². The molecule has 8 heteroatoms. The molecule has 1 fully saturated rings. The molecule has 27 heavy (non-hydrogen) atoms. The minimum atomic E-state index is -3.72. The molecule has 140 valence electrons. The lowest BCUT2D eigenvalue weighted by Crippen LogP contribution is -2.40. The van der Waals surface area contributed by atoms with Crippen molar-refractivity contribution in [2.24, 2.45) is 0 Å². The SMILES string of the molecule is Cc1ccc(C(=O)Oc2ccc(C#N)cc2)cc1S(=O)(=O)N1CCOCC1. The second-order valence-electron chi connectivity index (χ2n) is 6.02. The molecule has 1 aliphatic rings. The number of ether oxygens (including phenoxy) is 2. The molecule has 3 rings (SSSR count). The van der Waals surface area contributed by atoms with Crippen molar-refractivity contribution in [3.63, 3.8) is 0 Å². The molecule has 0 aliphatic carbocycles. The largest absolute Gasteiger partial charge is 0.423 e. The van der Waals surface area contributed by atoms with E-state index in [4.69, 9.17) is 14.7 Å². The highest BCUT2D eigenvalue weighted by atomic mass is 32.2. The molecule has 7 nitrogen and oxygen atoms in total. The lowest BCUT2D eigenvalue weighted by molar-refractivity contribution is 0.0727. The summed E-state index contributed by atoms with van der Waals surface area (Å²) in [5.74, 6) is -0.393. The summed E-state index contributed by atoms with van der Waals surface area (Å²) in [5.41, 5.74) is 1.14. The molecule has 1 aliphatic heterocycles. The van der Waals surface area contributed by atoms with Crippen LogP contribution in [0.2, 0.25) is 0 Å². The van der Waals surface area contributed by atoms with Crippen molar-refractivity contribution in [2.75, 3.05) is 26.3 Å². The third kappa shape index (κ3) is 4.17.